The molecule has 1 aromatic rings. The largest absolute Gasteiger partial charge is 0.478 e. The quantitative estimate of drug-likeness (QED) is 0.618. The summed E-state index contributed by atoms with van der Waals surface area (Å²) in [4.78, 5) is 12.0. The van der Waals surface area contributed by atoms with E-state index in [9.17, 15) is 9.18 Å². The van der Waals surface area contributed by atoms with Crippen molar-refractivity contribution >= 4 is 24.2 Å². The number of hydrogen-bond donors (Lipinski definition) is 2. The van der Waals surface area contributed by atoms with Crippen molar-refractivity contribution in [1.82, 2.24) is 4.90 Å². The van der Waals surface area contributed by atoms with Gasteiger partial charge >= 0.3 is 5.97 Å². The molecule has 0 saturated carbocycles. The lowest BCUT2D eigenvalue weighted by Gasteiger charge is -2.13. The fraction of sp³-hybridized carbons (Fsp3) is 0.200. The van der Waals surface area contributed by atoms with E-state index < -0.39 is 11.8 Å². The van der Waals surface area contributed by atoms with Crippen LogP contribution in [-0.4, -0.2) is 35.9 Å². The van der Waals surface area contributed by atoms with E-state index in [1.54, 1.807) is 14.1 Å². The Labute approximate surface area is 98.6 Å². The molecule has 0 aromatic heterocycles. The van der Waals surface area contributed by atoms with Crippen molar-refractivity contribution in [3.05, 3.63) is 35.1 Å². The van der Waals surface area contributed by atoms with Gasteiger partial charge in [0.15, 0.2) is 0 Å². The van der Waals surface area contributed by atoms with Crippen LogP contribution in [0.5, 0.6) is 0 Å². The maximum absolute atomic E-state index is 13.2. The number of halogens is 2. The minimum atomic E-state index is -1.31. The lowest BCUT2D eigenvalue weighted by atomic mass is 10.1. The van der Waals surface area contributed by atoms with Crippen molar-refractivity contribution < 1.29 is 14.3 Å². The Morgan fingerprint density at radius 2 is 2.00 bits per heavy atom. The van der Waals surface area contributed by atoms with Gasteiger partial charge in [0.2, 0.25) is 0 Å². The first-order valence-corrected chi connectivity index (χ1v) is 4.22. The van der Waals surface area contributed by atoms with Gasteiger partial charge in [-0.15, -0.1) is 12.4 Å². The number of carbonyl (C=O) groups is 1. The Balaban J connectivity index is 0.00000225. The number of carboxylic acids is 1. The summed E-state index contributed by atoms with van der Waals surface area (Å²) in [5.74, 6) is -2.01. The Morgan fingerprint density at radius 3 is 2.38 bits per heavy atom. The summed E-state index contributed by atoms with van der Waals surface area (Å²) in [6, 6.07) is 3.62. The molecule has 0 aliphatic rings. The summed E-state index contributed by atoms with van der Waals surface area (Å²) in [5.41, 5.74) is -0.0344. The molecule has 0 saturated heterocycles. The average Bonchev–Trinajstić information content (AvgIpc) is 2.15. The van der Waals surface area contributed by atoms with Gasteiger partial charge in [-0.1, -0.05) is 6.07 Å². The van der Waals surface area contributed by atoms with Crippen LogP contribution in [0, 0.1) is 11.2 Å². The molecule has 0 heterocycles. The van der Waals surface area contributed by atoms with Crippen LogP contribution in [0.1, 0.15) is 15.9 Å². The summed E-state index contributed by atoms with van der Waals surface area (Å²) in [7, 11) is 3.32. The minimum Gasteiger partial charge on any atom is -0.478 e. The van der Waals surface area contributed by atoms with E-state index >= 15 is 0 Å². The highest BCUT2D eigenvalue weighted by Crippen LogP contribution is 2.11. The molecule has 0 unspecified atom stereocenters. The zero-order valence-electron chi connectivity index (χ0n) is 8.82. The predicted molar refractivity (Wildman–Crippen MR) is 61.1 cm³/mol. The first kappa shape index (κ1) is 14.4. The van der Waals surface area contributed by atoms with Crippen molar-refractivity contribution in [1.29, 1.82) is 5.41 Å². The topological polar surface area (TPSA) is 64.4 Å². The van der Waals surface area contributed by atoms with Crippen molar-refractivity contribution in [2.45, 2.75) is 0 Å². The molecule has 0 fully saturated rings. The fourth-order valence-electron chi connectivity index (χ4n) is 1.09. The minimum absolute atomic E-state index is 0. The van der Waals surface area contributed by atoms with Crippen LogP contribution in [0.2, 0.25) is 0 Å². The Bertz CT molecular complexity index is 421. The van der Waals surface area contributed by atoms with Gasteiger partial charge in [-0.3, -0.25) is 5.41 Å². The molecule has 2 N–H and O–H groups in total. The summed E-state index contributed by atoms with van der Waals surface area (Å²) in [5, 5.41) is 16.2. The van der Waals surface area contributed by atoms with Crippen LogP contribution >= 0.6 is 12.4 Å². The highest BCUT2D eigenvalue weighted by molar-refractivity contribution is 5.97. The van der Waals surface area contributed by atoms with Crippen LogP contribution in [0.25, 0.3) is 0 Å². The average molecular weight is 247 g/mol. The number of amidine groups is 1. The Kier molecular flexibility index (Phi) is 4.91. The molecule has 16 heavy (non-hydrogen) atoms. The zero-order valence-corrected chi connectivity index (χ0v) is 9.64. The molecule has 1 aromatic carbocycles. The summed E-state index contributed by atoms with van der Waals surface area (Å²) >= 11 is 0. The van der Waals surface area contributed by atoms with Crippen LogP contribution < -0.4 is 0 Å². The van der Waals surface area contributed by atoms with Crippen molar-refractivity contribution in [2.24, 2.45) is 0 Å². The second kappa shape index (κ2) is 5.46. The van der Waals surface area contributed by atoms with Crippen LogP contribution in [0.3, 0.4) is 0 Å². The first-order valence-electron chi connectivity index (χ1n) is 4.22. The SMILES string of the molecule is CN(C)C(=N)c1ccc(C(=O)O)c(F)c1.Cl. The molecule has 0 radical (unpaired) electrons. The monoisotopic (exact) mass is 246 g/mol. The first-order chi connectivity index (χ1) is 6.93. The van der Waals surface area contributed by atoms with Gasteiger partial charge in [0.1, 0.15) is 11.7 Å². The third-order valence-corrected chi connectivity index (χ3v) is 1.92. The summed E-state index contributed by atoms with van der Waals surface area (Å²) in [6.07, 6.45) is 0. The van der Waals surface area contributed by atoms with Gasteiger partial charge in [0.05, 0.1) is 5.56 Å². The van der Waals surface area contributed by atoms with Gasteiger partial charge < -0.3 is 10.0 Å². The third kappa shape index (κ3) is 2.93. The smallest absolute Gasteiger partial charge is 0.338 e. The van der Waals surface area contributed by atoms with Gasteiger partial charge in [-0.25, -0.2) is 9.18 Å². The van der Waals surface area contributed by atoms with E-state index in [4.69, 9.17) is 10.5 Å². The lowest BCUT2D eigenvalue weighted by molar-refractivity contribution is 0.0692. The number of rotatable bonds is 2. The highest BCUT2D eigenvalue weighted by Gasteiger charge is 2.12. The van der Waals surface area contributed by atoms with Gasteiger partial charge in [0, 0.05) is 19.7 Å². The van der Waals surface area contributed by atoms with Gasteiger partial charge in [-0.2, -0.15) is 0 Å². The van der Waals surface area contributed by atoms with E-state index in [-0.39, 0.29) is 23.8 Å². The van der Waals surface area contributed by atoms with Crippen molar-refractivity contribution in [3.63, 3.8) is 0 Å². The van der Waals surface area contributed by atoms with Crippen molar-refractivity contribution in [2.75, 3.05) is 14.1 Å². The van der Waals surface area contributed by atoms with Crippen LogP contribution in [0.4, 0.5) is 4.39 Å². The normalized spacial score (nSPS) is 9.19. The molecule has 88 valence electrons. The molecule has 1 rings (SSSR count). The number of benzene rings is 1. The zero-order chi connectivity index (χ0) is 11.6. The number of aromatic carboxylic acids is 1. The lowest BCUT2D eigenvalue weighted by Crippen LogP contribution is -2.22. The molecular weight excluding hydrogens is 235 g/mol. The molecular formula is C10H12ClFN2O2. The fourth-order valence-corrected chi connectivity index (χ4v) is 1.09. The van der Waals surface area contributed by atoms with E-state index in [1.165, 1.54) is 11.0 Å². The maximum Gasteiger partial charge on any atom is 0.338 e. The molecule has 4 nitrogen and oxygen atoms in total. The van der Waals surface area contributed by atoms with Crippen molar-refractivity contribution in [3.8, 4) is 0 Å². The van der Waals surface area contributed by atoms with Crippen LogP contribution in [-0.2, 0) is 0 Å². The number of nitrogens with zero attached hydrogens (tertiary/aromatic N) is 1. The molecule has 0 spiro atoms. The van der Waals surface area contributed by atoms with E-state index in [1.807, 2.05) is 0 Å². The van der Waals surface area contributed by atoms with E-state index in [0.717, 1.165) is 12.1 Å². The molecule has 0 aliphatic heterocycles. The molecule has 6 heteroatoms. The third-order valence-electron chi connectivity index (χ3n) is 1.92. The number of carboxylic acid groups (broad SMARTS) is 1. The highest BCUT2D eigenvalue weighted by atomic mass is 35.5. The maximum atomic E-state index is 13.2. The van der Waals surface area contributed by atoms with E-state index in [0.29, 0.717) is 5.56 Å². The van der Waals surface area contributed by atoms with Gasteiger partial charge in [0.25, 0.3) is 0 Å². The molecule has 0 aliphatic carbocycles. The standard InChI is InChI=1S/C10H11FN2O2.ClH/c1-13(2)9(12)6-3-4-7(10(14)15)8(11)5-6;/h3-5,12H,1-2H3,(H,14,15);1H. The molecule has 0 amide bonds. The van der Waals surface area contributed by atoms with Crippen LogP contribution in [0.15, 0.2) is 18.2 Å². The Hall–Kier alpha value is -1.62. The number of nitrogens with one attached hydrogen (secondary N) is 1. The van der Waals surface area contributed by atoms with Gasteiger partial charge in [-0.05, 0) is 12.1 Å². The Morgan fingerprint density at radius 1 is 1.44 bits per heavy atom. The number of hydrogen-bond acceptors (Lipinski definition) is 2. The van der Waals surface area contributed by atoms with E-state index in [2.05, 4.69) is 0 Å². The predicted octanol–water partition coefficient (Wildman–Crippen LogP) is 1.83. The second-order valence-corrected chi connectivity index (χ2v) is 3.24. The summed E-state index contributed by atoms with van der Waals surface area (Å²) in [6.45, 7) is 0. The molecule has 0 atom stereocenters. The summed E-state index contributed by atoms with van der Waals surface area (Å²) < 4.78 is 13.2. The molecule has 0 bridgehead atoms. The second-order valence-electron chi connectivity index (χ2n) is 3.24.